The molecule has 0 fully saturated rings. The van der Waals surface area contributed by atoms with Crippen molar-refractivity contribution in [3.05, 3.63) is 78.4 Å². The van der Waals surface area contributed by atoms with Crippen LogP contribution in [0.25, 0.3) is 0 Å². The second kappa shape index (κ2) is 7.01. The van der Waals surface area contributed by atoms with E-state index in [2.05, 4.69) is 4.98 Å². The molecule has 134 valence electrons. The Labute approximate surface area is 151 Å². The highest BCUT2D eigenvalue weighted by Gasteiger charge is 2.27. The van der Waals surface area contributed by atoms with Gasteiger partial charge in [0.05, 0.1) is 12.2 Å². The number of pyridine rings is 1. The largest absolute Gasteiger partial charge is 0.364 e. The van der Waals surface area contributed by atoms with Crippen molar-refractivity contribution in [2.75, 3.05) is 4.31 Å². The van der Waals surface area contributed by atoms with Crippen molar-refractivity contribution in [3.8, 4) is 0 Å². The number of sulfonamides is 1. The van der Waals surface area contributed by atoms with Crippen LogP contribution in [-0.2, 0) is 23.6 Å². The summed E-state index contributed by atoms with van der Waals surface area (Å²) >= 11 is 0. The Kier molecular flexibility index (Phi) is 4.77. The number of benzene rings is 1. The zero-order valence-corrected chi connectivity index (χ0v) is 14.9. The molecule has 0 unspecified atom stereocenters. The molecule has 0 aliphatic heterocycles. The lowest BCUT2D eigenvalue weighted by atomic mass is 10.2. The van der Waals surface area contributed by atoms with Gasteiger partial charge in [-0.2, -0.15) is 0 Å². The van der Waals surface area contributed by atoms with Crippen LogP contribution in [-0.4, -0.2) is 23.9 Å². The summed E-state index contributed by atoms with van der Waals surface area (Å²) in [5.74, 6) is -0.688. The average Bonchev–Trinajstić information content (AvgIpc) is 3.04. The fraction of sp³-hybridized carbons (Fsp3) is 0.111. The minimum Gasteiger partial charge on any atom is -0.364 e. The number of aromatic nitrogens is 2. The minimum absolute atomic E-state index is 0.00143. The third-order valence-electron chi connectivity index (χ3n) is 3.94. The molecule has 0 bridgehead atoms. The van der Waals surface area contributed by atoms with Crippen LogP contribution in [0.1, 0.15) is 16.1 Å². The number of amides is 1. The SMILES string of the molecule is Cn1cc(S(=O)(=O)N(Cc2ccccc2)c2ccncc2)cc1C(N)=O. The molecule has 0 saturated heterocycles. The van der Waals surface area contributed by atoms with Crippen LogP contribution >= 0.6 is 0 Å². The van der Waals surface area contributed by atoms with Crippen LogP contribution < -0.4 is 10.0 Å². The molecule has 8 heteroatoms. The molecule has 2 aromatic heterocycles. The second-order valence-corrected chi connectivity index (χ2v) is 7.60. The van der Waals surface area contributed by atoms with Gasteiger partial charge in [0.15, 0.2) is 0 Å². The number of primary amides is 1. The molecule has 0 spiro atoms. The van der Waals surface area contributed by atoms with Crippen molar-refractivity contribution in [1.82, 2.24) is 9.55 Å². The summed E-state index contributed by atoms with van der Waals surface area (Å²) in [6.07, 6.45) is 4.44. The highest BCUT2D eigenvalue weighted by atomic mass is 32.2. The van der Waals surface area contributed by atoms with Crippen LogP contribution in [0.15, 0.2) is 72.0 Å². The second-order valence-electron chi connectivity index (χ2n) is 5.74. The van der Waals surface area contributed by atoms with E-state index in [1.165, 1.54) is 33.5 Å². The number of hydrogen-bond acceptors (Lipinski definition) is 4. The van der Waals surface area contributed by atoms with E-state index in [1.54, 1.807) is 19.2 Å². The number of rotatable bonds is 6. The third kappa shape index (κ3) is 3.45. The number of nitrogens with zero attached hydrogens (tertiary/aromatic N) is 3. The number of aryl methyl sites for hydroxylation is 1. The molecule has 2 heterocycles. The van der Waals surface area contributed by atoms with Gasteiger partial charge in [0.2, 0.25) is 0 Å². The van der Waals surface area contributed by atoms with E-state index in [1.807, 2.05) is 30.3 Å². The van der Waals surface area contributed by atoms with E-state index in [4.69, 9.17) is 5.73 Å². The molecule has 7 nitrogen and oxygen atoms in total. The lowest BCUT2D eigenvalue weighted by Gasteiger charge is -2.24. The van der Waals surface area contributed by atoms with E-state index in [0.29, 0.717) is 5.69 Å². The molecule has 2 N–H and O–H groups in total. The Hall–Kier alpha value is -3.13. The average molecular weight is 370 g/mol. The summed E-state index contributed by atoms with van der Waals surface area (Å²) in [5, 5.41) is 0. The lowest BCUT2D eigenvalue weighted by molar-refractivity contribution is 0.0992. The molecule has 3 aromatic rings. The quantitative estimate of drug-likeness (QED) is 0.716. The van der Waals surface area contributed by atoms with Gasteiger partial charge >= 0.3 is 0 Å². The maximum Gasteiger partial charge on any atom is 0.266 e. The van der Waals surface area contributed by atoms with E-state index < -0.39 is 15.9 Å². The van der Waals surface area contributed by atoms with Gasteiger partial charge in [0, 0.05) is 25.6 Å². The van der Waals surface area contributed by atoms with E-state index >= 15 is 0 Å². The number of hydrogen-bond donors (Lipinski definition) is 1. The Bertz CT molecular complexity index is 1020. The highest BCUT2D eigenvalue weighted by Crippen LogP contribution is 2.26. The third-order valence-corrected chi connectivity index (χ3v) is 5.68. The van der Waals surface area contributed by atoms with E-state index in [-0.39, 0.29) is 17.1 Å². The maximum absolute atomic E-state index is 13.3. The monoisotopic (exact) mass is 370 g/mol. The normalized spacial score (nSPS) is 11.3. The van der Waals surface area contributed by atoms with E-state index in [9.17, 15) is 13.2 Å². The first-order valence-electron chi connectivity index (χ1n) is 7.82. The topological polar surface area (TPSA) is 98.3 Å². The Morgan fingerprint density at radius 1 is 1.15 bits per heavy atom. The summed E-state index contributed by atoms with van der Waals surface area (Å²) in [5.41, 5.74) is 6.74. The van der Waals surface area contributed by atoms with Gasteiger partial charge in [-0.25, -0.2) is 8.42 Å². The Balaban J connectivity index is 2.08. The number of nitrogens with two attached hydrogens (primary N) is 1. The molecule has 0 saturated carbocycles. The predicted octanol–water partition coefficient (Wildman–Crippen LogP) is 1.91. The van der Waals surface area contributed by atoms with Gasteiger partial charge in [-0.3, -0.25) is 14.1 Å². The smallest absolute Gasteiger partial charge is 0.266 e. The predicted molar refractivity (Wildman–Crippen MR) is 98.0 cm³/mol. The highest BCUT2D eigenvalue weighted by molar-refractivity contribution is 7.92. The van der Waals surface area contributed by atoms with Crippen LogP contribution in [0, 0.1) is 0 Å². The molecular formula is C18H18N4O3S. The molecule has 3 rings (SSSR count). The zero-order chi connectivity index (χ0) is 18.7. The first kappa shape index (κ1) is 17.7. The standard InChI is InChI=1S/C18H18N4O3S/c1-21-13-16(11-17(21)18(19)23)26(24,25)22(15-7-9-20-10-8-15)12-14-5-3-2-4-6-14/h2-11,13H,12H2,1H3,(H2,19,23). The van der Waals surface area contributed by atoms with Gasteiger partial charge in [-0.1, -0.05) is 30.3 Å². The number of anilines is 1. The first-order valence-corrected chi connectivity index (χ1v) is 9.26. The van der Waals surface area contributed by atoms with E-state index in [0.717, 1.165) is 5.56 Å². The van der Waals surface area contributed by atoms with Gasteiger partial charge in [0.25, 0.3) is 15.9 Å². The number of carbonyl (C=O) groups is 1. The lowest BCUT2D eigenvalue weighted by Crippen LogP contribution is -2.30. The molecule has 0 aliphatic rings. The number of carbonyl (C=O) groups excluding carboxylic acids is 1. The summed E-state index contributed by atoms with van der Waals surface area (Å²) in [7, 11) is -2.33. The van der Waals surface area contributed by atoms with Crippen LogP contribution in [0.4, 0.5) is 5.69 Å². The van der Waals surface area contributed by atoms with Crippen LogP contribution in [0.2, 0.25) is 0 Å². The van der Waals surface area contributed by atoms with Crippen LogP contribution in [0.5, 0.6) is 0 Å². The molecule has 0 aliphatic carbocycles. The molecule has 0 radical (unpaired) electrons. The van der Waals surface area contributed by atoms with Crippen molar-refractivity contribution < 1.29 is 13.2 Å². The Morgan fingerprint density at radius 2 is 1.81 bits per heavy atom. The molecular weight excluding hydrogens is 352 g/mol. The van der Waals surface area contributed by atoms with Gasteiger partial charge in [0.1, 0.15) is 10.6 Å². The molecule has 1 amide bonds. The van der Waals surface area contributed by atoms with Crippen molar-refractivity contribution >= 4 is 21.6 Å². The van der Waals surface area contributed by atoms with Crippen molar-refractivity contribution in [3.63, 3.8) is 0 Å². The van der Waals surface area contributed by atoms with Crippen molar-refractivity contribution in [2.45, 2.75) is 11.4 Å². The molecule has 1 aromatic carbocycles. The first-order chi connectivity index (χ1) is 12.4. The van der Waals surface area contributed by atoms with Gasteiger partial charge in [-0.05, 0) is 23.8 Å². The molecule has 0 atom stereocenters. The zero-order valence-electron chi connectivity index (χ0n) is 14.1. The Morgan fingerprint density at radius 3 is 2.38 bits per heavy atom. The van der Waals surface area contributed by atoms with Crippen LogP contribution in [0.3, 0.4) is 0 Å². The minimum atomic E-state index is -3.91. The summed E-state index contributed by atoms with van der Waals surface area (Å²) in [4.78, 5) is 15.4. The van der Waals surface area contributed by atoms with Crippen molar-refractivity contribution in [2.24, 2.45) is 12.8 Å². The fourth-order valence-corrected chi connectivity index (χ4v) is 4.15. The maximum atomic E-state index is 13.3. The van der Waals surface area contributed by atoms with Crippen molar-refractivity contribution in [1.29, 1.82) is 0 Å². The fourth-order valence-electron chi connectivity index (χ4n) is 2.62. The summed E-state index contributed by atoms with van der Waals surface area (Å²) in [6, 6.07) is 13.8. The summed E-state index contributed by atoms with van der Waals surface area (Å²) in [6.45, 7) is 0.147. The summed E-state index contributed by atoms with van der Waals surface area (Å²) < 4.78 is 29.2. The van der Waals surface area contributed by atoms with Gasteiger partial charge < -0.3 is 10.3 Å². The molecule has 26 heavy (non-hydrogen) atoms. The van der Waals surface area contributed by atoms with Gasteiger partial charge in [-0.15, -0.1) is 0 Å².